The number of azo groups is 1. The van der Waals surface area contributed by atoms with Crippen molar-refractivity contribution in [3.63, 3.8) is 0 Å². The number of pyridine rings is 1. The summed E-state index contributed by atoms with van der Waals surface area (Å²) in [7, 11) is 0. The summed E-state index contributed by atoms with van der Waals surface area (Å²) in [6.07, 6.45) is 1.31. The molecule has 1 aromatic carbocycles. The van der Waals surface area contributed by atoms with Crippen LogP contribution in [0.5, 0.6) is 5.75 Å². The molecule has 0 aliphatic heterocycles. The zero-order valence-corrected chi connectivity index (χ0v) is 11.6. The van der Waals surface area contributed by atoms with Gasteiger partial charge in [0.1, 0.15) is 11.4 Å². The molecule has 0 aliphatic carbocycles. The van der Waals surface area contributed by atoms with Gasteiger partial charge in [0.2, 0.25) is 5.91 Å². The Hall–Kier alpha value is -2.96. The van der Waals surface area contributed by atoms with Crippen LogP contribution in [0.15, 0.2) is 46.8 Å². The van der Waals surface area contributed by atoms with Crippen LogP contribution in [0.4, 0.5) is 17.2 Å². The molecular weight excluding hydrogens is 272 g/mol. The summed E-state index contributed by atoms with van der Waals surface area (Å²) >= 11 is 0. The second-order valence-electron chi connectivity index (χ2n) is 4.42. The molecular formula is C14H14N4O3. The molecule has 108 valence electrons. The number of hydrogen-bond acceptors (Lipinski definition) is 5. The predicted octanol–water partition coefficient (Wildman–Crippen LogP) is 2.71. The third kappa shape index (κ3) is 3.53. The largest absolute Gasteiger partial charge is 0.710 e. The zero-order chi connectivity index (χ0) is 15.4. The fourth-order valence-electron chi connectivity index (χ4n) is 1.66. The van der Waals surface area contributed by atoms with Crippen molar-refractivity contribution in [1.29, 1.82) is 0 Å². The first-order valence-corrected chi connectivity index (χ1v) is 6.18. The topological polar surface area (TPSA) is 101 Å². The maximum atomic E-state index is 11.5. The van der Waals surface area contributed by atoms with Gasteiger partial charge in [0, 0.05) is 19.1 Å². The van der Waals surface area contributed by atoms with Gasteiger partial charge in [-0.15, -0.1) is 0 Å². The van der Waals surface area contributed by atoms with E-state index in [2.05, 4.69) is 15.5 Å². The minimum absolute atomic E-state index is 0.0382. The van der Waals surface area contributed by atoms with E-state index in [0.717, 1.165) is 0 Å². The number of nitrogens with zero attached hydrogens (tertiary/aromatic N) is 3. The van der Waals surface area contributed by atoms with Gasteiger partial charge in [0.15, 0.2) is 0 Å². The van der Waals surface area contributed by atoms with Gasteiger partial charge in [-0.25, -0.2) is 4.73 Å². The van der Waals surface area contributed by atoms with Crippen LogP contribution < -0.4 is 10.0 Å². The van der Waals surface area contributed by atoms with E-state index in [0.29, 0.717) is 21.7 Å². The lowest BCUT2D eigenvalue weighted by atomic mass is 10.1. The van der Waals surface area contributed by atoms with Crippen LogP contribution in [-0.4, -0.2) is 11.0 Å². The van der Waals surface area contributed by atoms with E-state index in [4.69, 9.17) is 0 Å². The van der Waals surface area contributed by atoms with Crippen LogP contribution >= 0.6 is 0 Å². The Morgan fingerprint density at radius 2 is 2.10 bits per heavy atom. The van der Waals surface area contributed by atoms with E-state index in [1.807, 2.05) is 0 Å². The van der Waals surface area contributed by atoms with Crippen molar-refractivity contribution >= 4 is 23.1 Å². The lowest BCUT2D eigenvalue weighted by molar-refractivity contribution is -0.591. The van der Waals surface area contributed by atoms with Crippen LogP contribution in [0.2, 0.25) is 0 Å². The Balaban J connectivity index is 2.41. The molecule has 2 N–H and O–H groups in total. The third-order valence-electron chi connectivity index (χ3n) is 2.69. The second-order valence-corrected chi connectivity index (χ2v) is 4.42. The first-order chi connectivity index (χ1) is 9.97. The van der Waals surface area contributed by atoms with Crippen LogP contribution in [0.3, 0.4) is 0 Å². The molecule has 0 radical (unpaired) electrons. The van der Waals surface area contributed by atoms with E-state index < -0.39 is 0 Å². The average Bonchev–Trinajstić information content (AvgIpc) is 2.42. The van der Waals surface area contributed by atoms with Crippen molar-refractivity contribution < 1.29 is 14.6 Å². The molecule has 2 aromatic rings. The molecule has 7 heteroatoms. The number of phenolic OH excluding ortho intramolecular Hbond substituents is 1. The number of aryl methyl sites for hydroxylation is 1. The van der Waals surface area contributed by atoms with Crippen LogP contribution in [0, 0.1) is 12.1 Å². The summed E-state index contributed by atoms with van der Waals surface area (Å²) in [5.74, 6) is -0.137. The van der Waals surface area contributed by atoms with Crippen LogP contribution in [-0.2, 0) is 4.79 Å². The number of carbonyl (C=O) groups is 1. The smallest absolute Gasteiger partial charge is 0.353 e. The summed E-state index contributed by atoms with van der Waals surface area (Å²) in [6.45, 7) is 3.04. The van der Waals surface area contributed by atoms with Gasteiger partial charge in [0.05, 0.1) is 17.0 Å². The van der Waals surface area contributed by atoms with Gasteiger partial charge in [-0.3, -0.25) is 4.79 Å². The molecule has 0 unspecified atom stereocenters. The maximum absolute atomic E-state index is 11.5. The highest BCUT2D eigenvalue weighted by Crippen LogP contribution is 2.33. The summed E-state index contributed by atoms with van der Waals surface area (Å²) < 4.78 is 0.578. The Bertz CT molecular complexity index is 713. The number of benzene rings is 1. The Morgan fingerprint density at radius 1 is 1.33 bits per heavy atom. The number of rotatable bonds is 3. The SMILES string of the molecule is CC(=O)Nc1cc(O)c(C)cc1N=Nc1cccc[n+]1[O-]. The average molecular weight is 286 g/mol. The number of nitrogens with one attached hydrogen (secondary N) is 1. The highest BCUT2D eigenvalue weighted by Gasteiger charge is 2.10. The van der Waals surface area contributed by atoms with Gasteiger partial charge in [-0.1, -0.05) is 6.07 Å². The molecule has 0 fully saturated rings. The summed E-state index contributed by atoms with van der Waals surface area (Å²) in [5.41, 5.74) is 1.26. The summed E-state index contributed by atoms with van der Waals surface area (Å²) in [5, 5.41) is 31.5. The number of aromatic hydroxyl groups is 1. The summed E-state index contributed by atoms with van der Waals surface area (Å²) in [6, 6.07) is 7.73. The minimum Gasteiger partial charge on any atom is -0.710 e. The maximum Gasteiger partial charge on any atom is 0.353 e. The molecule has 1 aromatic heterocycles. The predicted molar refractivity (Wildman–Crippen MR) is 76.7 cm³/mol. The zero-order valence-electron chi connectivity index (χ0n) is 11.6. The molecule has 21 heavy (non-hydrogen) atoms. The van der Waals surface area contributed by atoms with Crippen LogP contribution in [0.1, 0.15) is 12.5 Å². The molecule has 0 aliphatic rings. The Kier molecular flexibility index (Phi) is 4.13. The fraction of sp³-hybridized carbons (Fsp3) is 0.143. The van der Waals surface area contributed by atoms with Crippen molar-refractivity contribution in [3.05, 3.63) is 47.3 Å². The van der Waals surface area contributed by atoms with Crippen molar-refractivity contribution in [1.82, 2.24) is 0 Å². The van der Waals surface area contributed by atoms with E-state index in [1.54, 1.807) is 25.1 Å². The van der Waals surface area contributed by atoms with Gasteiger partial charge in [0.25, 0.3) is 0 Å². The standard InChI is InChI=1S/C14H14N4O3/c1-9-7-12(11(8-13(9)20)15-10(2)19)16-17-14-5-3-4-6-18(14)21/h3-8,20H,1-2H3,(H,15,19). The highest BCUT2D eigenvalue weighted by molar-refractivity contribution is 5.92. The molecule has 7 nitrogen and oxygen atoms in total. The van der Waals surface area contributed by atoms with Gasteiger partial charge >= 0.3 is 5.82 Å². The number of hydrogen-bond donors (Lipinski definition) is 2. The van der Waals surface area contributed by atoms with E-state index in [-0.39, 0.29) is 17.5 Å². The van der Waals surface area contributed by atoms with Gasteiger partial charge in [-0.05, 0) is 29.7 Å². The first-order valence-electron chi connectivity index (χ1n) is 6.18. The normalized spacial score (nSPS) is 10.8. The van der Waals surface area contributed by atoms with Crippen molar-refractivity contribution in [2.24, 2.45) is 10.2 Å². The first kappa shape index (κ1) is 14.4. The van der Waals surface area contributed by atoms with Crippen LogP contribution in [0.25, 0.3) is 0 Å². The number of carbonyl (C=O) groups excluding carboxylic acids is 1. The lowest BCUT2D eigenvalue weighted by Crippen LogP contribution is -2.24. The molecule has 1 amide bonds. The lowest BCUT2D eigenvalue weighted by Gasteiger charge is -2.07. The van der Waals surface area contributed by atoms with Crippen molar-refractivity contribution in [2.75, 3.05) is 5.32 Å². The minimum atomic E-state index is -0.298. The molecule has 0 saturated heterocycles. The summed E-state index contributed by atoms with van der Waals surface area (Å²) in [4.78, 5) is 11.2. The van der Waals surface area contributed by atoms with E-state index in [1.165, 1.54) is 25.3 Å². The van der Waals surface area contributed by atoms with Gasteiger partial charge < -0.3 is 15.6 Å². The fourth-order valence-corrected chi connectivity index (χ4v) is 1.66. The molecule has 0 spiro atoms. The molecule has 0 saturated carbocycles. The highest BCUT2D eigenvalue weighted by atomic mass is 16.5. The quantitative estimate of drug-likeness (QED) is 0.515. The third-order valence-corrected chi connectivity index (χ3v) is 2.69. The second kappa shape index (κ2) is 6.00. The Morgan fingerprint density at radius 3 is 2.76 bits per heavy atom. The number of phenols is 1. The van der Waals surface area contributed by atoms with Crippen molar-refractivity contribution in [2.45, 2.75) is 13.8 Å². The molecule has 1 heterocycles. The number of amides is 1. The van der Waals surface area contributed by atoms with Gasteiger partial charge in [-0.2, -0.15) is 0 Å². The monoisotopic (exact) mass is 286 g/mol. The number of anilines is 1. The Labute approximate surface area is 121 Å². The van der Waals surface area contributed by atoms with E-state index >= 15 is 0 Å². The number of aromatic nitrogens is 1. The van der Waals surface area contributed by atoms with Crippen molar-refractivity contribution in [3.8, 4) is 5.75 Å². The molecule has 0 bridgehead atoms. The molecule has 0 atom stereocenters. The molecule has 2 rings (SSSR count). The van der Waals surface area contributed by atoms with E-state index in [9.17, 15) is 15.1 Å².